The molecule has 2 atom stereocenters. The Balaban J connectivity index is 1.71. The second-order valence-electron chi connectivity index (χ2n) is 7.91. The topological polar surface area (TPSA) is 8.17 Å². The summed E-state index contributed by atoms with van der Waals surface area (Å²) in [6.45, 7) is 7.77. The first-order valence-electron chi connectivity index (χ1n) is 9.51. The molecule has 0 N–H and O–H groups in total. The molecule has 2 aliphatic rings. The lowest BCUT2D eigenvalue weighted by Crippen LogP contribution is -2.25. The van der Waals surface area contributed by atoms with Crippen molar-refractivity contribution in [1.82, 2.24) is 9.47 Å². The number of nitrogens with zero attached hydrogens (tertiary/aromatic N) is 2. The highest BCUT2D eigenvalue weighted by Gasteiger charge is 2.35. The molecular weight excluding hydrogens is 375 g/mol. The van der Waals surface area contributed by atoms with E-state index in [2.05, 4.69) is 47.7 Å². The minimum absolute atomic E-state index is 0.594. The van der Waals surface area contributed by atoms with E-state index in [0.29, 0.717) is 16.0 Å². The van der Waals surface area contributed by atoms with E-state index >= 15 is 0 Å². The molecule has 1 aromatic heterocycles. The molecule has 0 radical (unpaired) electrons. The van der Waals surface area contributed by atoms with Crippen LogP contribution in [0.5, 0.6) is 0 Å². The van der Waals surface area contributed by atoms with Crippen LogP contribution in [0.2, 0.25) is 10.0 Å². The van der Waals surface area contributed by atoms with Crippen LogP contribution in [-0.4, -0.2) is 22.6 Å². The molecule has 3 aromatic rings. The zero-order valence-corrected chi connectivity index (χ0v) is 17.1. The summed E-state index contributed by atoms with van der Waals surface area (Å²) in [6, 6.07) is 12.7. The van der Waals surface area contributed by atoms with Crippen molar-refractivity contribution in [3.05, 3.63) is 68.8 Å². The normalized spacial score (nSPS) is 21.7. The summed E-state index contributed by atoms with van der Waals surface area (Å²) >= 11 is 12.3. The summed E-state index contributed by atoms with van der Waals surface area (Å²) in [5.74, 6) is 0.665. The van der Waals surface area contributed by atoms with Gasteiger partial charge in [0.2, 0.25) is 0 Å². The second kappa shape index (κ2) is 6.41. The molecule has 4 heteroatoms. The Morgan fingerprint density at radius 1 is 1.11 bits per heavy atom. The van der Waals surface area contributed by atoms with Gasteiger partial charge >= 0.3 is 0 Å². The third-order valence-corrected chi connectivity index (χ3v) is 6.79. The number of halogens is 2. The molecular formula is C23H22Cl2N2. The van der Waals surface area contributed by atoms with Gasteiger partial charge in [0.05, 0.1) is 15.6 Å². The van der Waals surface area contributed by atoms with Crippen LogP contribution in [0.3, 0.4) is 0 Å². The van der Waals surface area contributed by atoms with Crippen LogP contribution in [-0.2, 0) is 6.54 Å². The summed E-state index contributed by atoms with van der Waals surface area (Å²) in [5, 5.41) is 2.62. The molecule has 0 saturated carbocycles. The minimum atomic E-state index is 0.594. The number of rotatable bonds is 2. The monoisotopic (exact) mass is 396 g/mol. The molecule has 2 unspecified atom stereocenters. The number of aromatic nitrogens is 1. The van der Waals surface area contributed by atoms with Crippen LogP contribution < -0.4 is 0 Å². The lowest BCUT2D eigenvalue weighted by molar-refractivity contribution is 0.308. The molecule has 3 heterocycles. The fraction of sp³-hybridized carbons (Fsp3) is 0.304. The van der Waals surface area contributed by atoms with Crippen molar-refractivity contribution in [3.8, 4) is 0 Å². The van der Waals surface area contributed by atoms with Crippen molar-refractivity contribution in [1.29, 1.82) is 0 Å². The number of benzene rings is 2. The molecule has 2 aliphatic heterocycles. The smallest absolute Gasteiger partial charge is 0.0598 e. The van der Waals surface area contributed by atoms with E-state index in [-0.39, 0.29) is 0 Å². The van der Waals surface area contributed by atoms with E-state index in [9.17, 15) is 0 Å². The van der Waals surface area contributed by atoms with E-state index < -0.39 is 0 Å². The highest BCUT2D eigenvalue weighted by Crippen LogP contribution is 2.42. The van der Waals surface area contributed by atoms with Crippen LogP contribution in [0.25, 0.3) is 22.7 Å². The Hall–Kier alpha value is -1.74. The lowest BCUT2D eigenvalue weighted by Gasteiger charge is -2.24. The van der Waals surface area contributed by atoms with Crippen LogP contribution >= 0.6 is 23.2 Å². The first-order valence-corrected chi connectivity index (χ1v) is 10.3. The Morgan fingerprint density at radius 3 is 2.78 bits per heavy atom. The van der Waals surface area contributed by atoms with Gasteiger partial charge in [0.25, 0.3) is 0 Å². The van der Waals surface area contributed by atoms with Crippen molar-refractivity contribution >= 4 is 45.9 Å². The molecule has 2 bridgehead atoms. The van der Waals surface area contributed by atoms with Crippen LogP contribution in [0.15, 0.2) is 36.4 Å². The van der Waals surface area contributed by atoms with Gasteiger partial charge in [-0.15, -0.1) is 0 Å². The average molecular weight is 397 g/mol. The number of allylic oxidation sites excluding steroid dienone is 1. The Labute approximate surface area is 170 Å². The van der Waals surface area contributed by atoms with Gasteiger partial charge in [-0.2, -0.15) is 0 Å². The zero-order chi connectivity index (χ0) is 18.7. The van der Waals surface area contributed by atoms with Crippen molar-refractivity contribution in [2.24, 2.45) is 0 Å². The summed E-state index contributed by atoms with van der Waals surface area (Å²) in [5.41, 5.74) is 7.93. The van der Waals surface area contributed by atoms with Gasteiger partial charge in [-0.1, -0.05) is 40.9 Å². The molecule has 1 saturated heterocycles. The third kappa shape index (κ3) is 2.82. The maximum Gasteiger partial charge on any atom is 0.0598 e. The van der Waals surface area contributed by atoms with Crippen molar-refractivity contribution in [2.75, 3.05) is 13.1 Å². The van der Waals surface area contributed by atoms with Crippen molar-refractivity contribution < 1.29 is 0 Å². The molecule has 27 heavy (non-hydrogen) atoms. The van der Waals surface area contributed by atoms with Gasteiger partial charge in [0.1, 0.15) is 0 Å². The van der Waals surface area contributed by atoms with Gasteiger partial charge in [-0.25, -0.2) is 0 Å². The molecule has 2 aromatic carbocycles. The van der Waals surface area contributed by atoms with Gasteiger partial charge in [-0.3, -0.25) is 4.90 Å². The summed E-state index contributed by atoms with van der Waals surface area (Å²) < 4.78 is 2.41. The molecule has 0 amide bonds. The van der Waals surface area contributed by atoms with E-state index in [0.717, 1.165) is 12.1 Å². The number of aryl methyl sites for hydroxylation is 1. The molecule has 0 spiro atoms. The first-order chi connectivity index (χ1) is 13.0. The first kappa shape index (κ1) is 17.4. The van der Waals surface area contributed by atoms with Crippen LogP contribution in [0.4, 0.5) is 0 Å². The maximum absolute atomic E-state index is 6.24. The predicted molar refractivity (Wildman–Crippen MR) is 116 cm³/mol. The van der Waals surface area contributed by atoms with Crippen molar-refractivity contribution in [2.45, 2.75) is 32.7 Å². The number of fused-ring (bicyclic) bond motifs is 6. The highest BCUT2D eigenvalue weighted by molar-refractivity contribution is 6.42. The van der Waals surface area contributed by atoms with Gasteiger partial charge < -0.3 is 4.57 Å². The molecule has 2 nitrogen and oxygen atoms in total. The predicted octanol–water partition coefficient (Wildman–Crippen LogP) is 6.58. The maximum atomic E-state index is 6.24. The minimum Gasteiger partial charge on any atom is -0.318 e. The Bertz CT molecular complexity index is 1090. The van der Waals surface area contributed by atoms with Crippen LogP contribution in [0, 0.1) is 6.92 Å². The summed E-state index contributed by atoms with van der Waals surface area (Å²) in [4.78, 5) is 2.58. The average Bonchev–Trinajstić information content (AvgIpc) is 3.16. The lowest BCUT2D eigenvalue weighted by atomic mass is 9.93. The Morgan fingerprint density at radius 2 is 1.96 bits per heavy atom. The number of hydrogen-bond donors (Lipinski definition) is 0. The molecule has 1 fully saturated rings. The fourth-order valence-corrected chi connectivity index (χ4v) is 5.00. The van der Waals surface area contributed by atoms with E-state index in [1.165, 1.54) is 47.2 Å². The van der Waals surface area contributed by atoms with Crippen LogP contribution in [0.1, 0.15) is 41.6 Å². The molecule has 5 rings (SSSR count). The summed E-state index contributed by atoms with van der Waals surface area (Å²) in [7, 11) is 0. The van der Waals surface area contributed by atoms with Gasteiger partial charge in [-0.05, 0) is 67.8 Å². The SMILES string of the molecule is C/C(=C\n1c2c(c3cc(C)ccc31)C1CCN(C2)C1)c1ccc(Cl)c(Cl)c1. The second-order valence-corrected chi connectivity index (χ2v) is 8.73. The van der Waals surface area contributed by atoms with Gasteiger partial charge in [0, 0.05) is 36.3 Å². The van der Waals surface area contributed by atoms with E-state index in [1.54, 1.807) is 5.56 Å². The van der Waals surface area contributed by atoms with Gasteiger partial charge in [0.15, 0.2) is 0 Å². The van der Waals surface area contributed by atoms with E-state index in [4.69, 9.17) is 23.2 Å². The fourth-order valence-electron chi connectivity index (χ4n) is 4.70. The quantitative estimate of drug-likeness (QED) is 0.474. The third-order valence-electron chi connectivity index (χ3n) is 6.06. The van der Waals surface area contributed by atoms with E-state index in [1.807, 2.05) is 18.2 Å². The molecule has 0 aliphatic carbocycles. The molecule has 138 valence electrons. The highest BCUT2D eigenvalue weighted by atomic mass is 35.5. The standard InChI is InChI=1S/C23H22Cl2N2/c1-14-3-6-21-18(9-14)23-17-7-8-26(12-17)13-22(23)27(21)11-15(2)16-4-5-19(24)20(25)10-16/h3-6,9-11,17H,7-8,12-13H2,1-2H3/b15-11+. The van der Waals surface area contributed by atoms with Crippen molar-refractivity contribution in [3.63, 3.8) is 0 Å². The largest absolute Gasteiger partial charge is 0.318 e. The zero-order valence-electron chi connectivity index (χ0n) is 15.6. The Kier molecular flexibility index (Phi) is 4.12. The number of hydrogen-bond acceptors (Lipinski definition) is 1. The summed E-state index contributed by atoms with van der Waals surface area (Å²) in [6.07, 6.45) is 3.54.